The summed E-state index contributed by atoms with van der Waals surface area (Å²) in [5.41, 5.74) is 1.98. The van der Waals surface area contributed by atoms with Gasteiger partial charge in [-0.3, -0.25) is 9.48 Å². The lowest BCUT2D eigenvalue weighted by Crippen LogP contribution is -2.14. The van der Waals surface area contributed by atoms with Gasteiger partial charge < -0.3 is 10.6 Å². The fourth-order valence-electron chi connectivity index (χ4n) is 1.70. The highest BCUT2D eigenvalue weighted by Crippen LogP contribution is 2.16. The third-order valence-corrected chi connectivity index (χ3v) is 2.55. The smallest absolute Gasteiger partial charge is 0.259 e. The van der Waals surface area contributed by atoms with E-state index in [2.05, 4.69) is 20.7 Å². The molecular formula is C12H15N5O. The summed E-state index contributed by atoms with van der Waals surface area (Å²) in [6.07, 6.45) is 3.40. The highest BCUT2D eigenvalue weighted by atomic mass is 16.1. The van der Waals surface area contributed by atoms with E-state index in [-0.39, 0.29) is 5.91 Å². The Kier molecular flexibility index (Phi) is 3.27. The van der Waals surface area contributed by atoms with Gasteiger partial charge in [0.1, 0.15) is 5.82 Å². The Morgan fingerprint density at radius 2 is 2.22 bits per heavy atom. The molecule has 2 N–H and O–H groups in total. The van der Waals surface area contributed by atoms with Crippen molar-refractivity contribution in [2.24, 2.45) is 7.05 Å². The number of hydrogen-bond donors (Lipinski definition) is 2. The van der Waals surface area contributed by atoms with Crippen LogP contribution >= 0.6 is 0 Å². The molecule has 0 fully saturated rings. The van der Waals surface area contributed by atoms with Gasteiger partial charge in [-0.2, -0.15) is 5.10 Å². The van der Waals surface area contributed by atoms with E-state index in [4.69, 9.17) is 0 Å². The van der Waals surface area contributed by atoms with E-state index in [1.807, 2.05) is 14.0 Å². The molecule has 0 bridgehead atoms. The summed E-state index contributed by atoms with van der Waals surface area (Å²) < 4.78 is 1.66. The predicted molar refractivity (Wildman–Crippen MR) is 69.7 cm³/mol. The summed E-state index contributed by atoms with van der Waals surface area (Å²) in [4.78, 5) is 16.2. The van der Waals surface area contributed by atoms with Crippen molar-refractivity contribution in [2.75, 3.05) is 17.7 Å². The van der Waals surface area contributed by atoms with Crippen molar-refractivity contribution in [3.8, 4) is 0 Å². The number of aromatic nitrogens is 3. The average molecular weight is 245 g/mol. The zero-order valence-electron chi connectivity index (χ0n) is 10.6. The Bertz CT molecular complexity index is 576. The Morgan fingerprint density at radius 3 is 2.83 bits per heavy atom. The lowest BCUT2D eigenvalue weighted by atomic mass is 10.2. The molecule has 6 heteroatoms. The summed E-state index contributed by atoms with van der Waals surface area (Å²) >= 11 is 0. The topological polar surface area (TPSA) is 71.8 Å². The molecule has 0 aromatic carbocycles. The van der Waals surface area contributed by atoms with Gasteiger partial charge in [0.2, 0.25) is 0 Å². The Labute approximate surface area is 105 Å². The van der Waals surface area contributed by atoms with Crippen molar-refractivity contribution >= 4 is 17.4 Å². The summed E-state index contributed by atoms with van der Waals surface area (Å²) in [6.45, 7) is 1.85. The van der Waals surface area contributed by atoms with Gasteiger partial charge in [-0.15, -0.1) is 0 Å². The van der Waals surface area contributed by atoms with Crippen molar-refractivity contribution in [3.63, 3.8) is 0 Å². The van der Waals surface area contributed by atoms with Crippen molar-refractivity contribution in [3.05, 3.63) is 35.8 Å². The van der Waals surface area contributed by atoms with E-state index in [0.29, 0.717) is 17.1 Å². The number of aryl methyl sites for hydroxylation is 2. The van der Waals surface area contributed by atoms with Crippen LogP contribution in [0.15, 0.2) is 24.5 Å². The summed E-state index contributed by atoms with van der Waals surface area (Å²) in [6, 6.07) is 3.45. The minimum Gasteiger partial charge on any atom is -0.372 e. The van der Waals surface area contributed by atoms with Crippen LogP contribution in [0.3, 0.4) is 0 Å². The largest absolute Gasteiger partial charge is 0.372 e. The number of pyridine rings is 1. The number of amides is 1. The number of nitrogens with one attached hydrogen (secondary N) is 2. The number of rotatable bonds is 3. The zero-order valence-corrected chi connectivity index (χ0v) is 10.6. The van der Waals surface area contributed by atoms with E-state index in [9.17, 15) is 4.79 Å². The molecule has 2 aromatic heterocycles. The van der Waals surface area contributed by atoms with Gasteiger partial charge in [0.05, 0.1) is 16.9 Å². The number of carbonyl (C=O) groups excluding carboxylic acids is 1. The van der Waals surface area contributed by atoms with Gasteiger partial charge in [0.15, 0.2) is 0 Å². The van der Waals surface area contributed by atoms with E-state index in [1.54, 1.807) is 36.3 Å². The standard InChI is InChI=1S/C12H15N5O/c1-8-10(7-17(3)16-8)15-12(18)9-5-4-6-14-11(9)13-2/h4-7H,1-3H3,(H,13,14)(H,15,18). The Morgan fingerprint density at radius 1 is 1.44 bits per heavy atom. The number of carbonyl (C=O) groups is 1. The van der Waals surface area contributed by atoms with Crippen LogP contribution in [-0.4, -0.2) is 27.7 Å². The molecule has 0 spiro atoms. The molecule has 0 aliphatic carbocycles. The molecule has 0 aliphatic rings. The van der Waals surface area contributed by atoms with Crippen LogP contribution in [-0.2, 0) is 7.05 Å². The van der Waals surface area contributed by atoms with Crippen LogP contribution < -0.4 is 10.6 Å². The predicted octanol–water partition coefficient (Wildman–Crippen LogP) is 1.42. The van der Waals surface area contributed by atoms with Gasteiger partial charge in [0, 0.05) is 26.5 Å². The molecule has 2 aromatic rings. The van der Waals surface area contributed by atoms with Crippen LogP contribution in [0.2, 0.25) is 0 Å². The maximum atomic E-state index is 12.1. The minimum atomic E-state index is -0.205. The molecule has 0 aliphatic heterocycles. The fraction of sp³-hybridized carbons (Fsp3) is 0.250. The Hall–Kier alpha value is -2.37. The van der Waals surface area contributed by atoms with Crippen molar-refractivity contribution in [2.45, 2.75) is 6.92 Å². The van der Waals surface area contributed by atoms with Gasteiger partial charge in [-0.05, 0) is 19.1 Å². The summed E-state index contributed by atoms with van der Waals surface area (Å²) in [5.74, 6) is 0.347. The van der Waals surface area contributed by atoms with Crippen LogP contribution in [0.4, 0.5) is 11.5 Å². The summed E-state index contributed by atoms with van der Waals surface area (Å²) in [7, 11) is 3.54. The Balaban J connectivity index is 2.24. The van der Waals surface area contributed by atoms with Gasteiger partial charge in [-0.25, -0.2) is 4.98 Å². The zero-order chi connectivity index (χ0) is 13.1. The molecule has 0 unspecified atom stereocenters. The molecule has 0 radical (unpaired) electrons. The number of nitrogens with zero attached hydrogens (tertiary/aromatic N) is 3. The lowest BCUT2D eigenvalue weighted by molar-refractivity contribution is 0.102. The second-order valence-electron chi connectivity index (χ2n) is 3.91. The molecule has 2 rings (SSSR count). The van der Waals surface area contributed by atoms with Gasteiger partial charge >= 0.3 is 0 Å². The fourth-order valence-corrected chi connectivity index (χ4v) is 1.70. The number of hydrogen-bond acceptors (Lipinski definition) is 4. The summed E-state index contributed by atoms with van der Waals surface area (Å²) in [5, 5.41) is 9.88. The quantitative estimate of drug-likeness (QED) is 0.857. The molecule has 6 nitrogen and oxygen atoms in total. The van der Waals surface area contributed by atoms with E-state index < -0.39 is 0 Å². The van der Waals surface area contributed by atoms with Crippen molar-refractivity contribution in [1.82, 2.24) is 14.8 Å². The molecular weight excluding hydrogens is 230 g/mol. The second-order valence-corrected chi connectivity index (χ2v) is 3.91. The van der Waals surface area contributed by atoms with Gasteiger partial charge in [0.25, 0.3) is 5.91 Å². The molecule has 18 heavy (non-hydrogen) atoms. The monoisotopic (exact) mass is 245 g/mol. The van der Waals surface area contributed by atoms with Crippen LogP contribution in [0.1, 0.15) is 16.1 Å². The molecule has 0 atom stereocenters. The maximum Gasteiger partial charge on any atom is 0.259 e. The van der Waals surface area contributed by atoms with E-state index >= 15 is 0 Å². The first-order chi connectivity index (χ1) is 8.61. The van der Waals surface area contributed by atoms with E-state index in [1.165, 1.54) is 0 Å². The van der Waals surface area contributed by atoms with Crippen molar-refractivity contribution in [1.29, 1.82) is 0 Å². The second kappa shape index (κ2) is 4.87. The molecule has 1 amide bonds. The van der Waals surface area contributed by atoms with Crippen LogP contribution in [0, 0.1) is 6.92 Å². The number of anilines is 2. The minimum absolute atomic E-state index is 0.205. The van der Waals surface area contributed by atoms with Crippen LogP contribution in [0.5, 0.6) is 0 Å². The molecule has 2 heterocycles. The first-order valence-corrected chi connectivity index (χ1v) is 5.56. The molecule has 94 valence electrons. The third-order valence-electron chi connectivity index (χ3n) is 2.55. The average Bonchev–Trinajstić information content (AvgIpc) is 2.67. The van der Waals surface area contributed by atoms with Gasteiger partial charge in [-0.1, -0.05) is 0 Å². The van der Waals surface area contributed by atoms with Crippen LogP contribution in [0.25, 0.3) is 0 Å². The normalized spacial score (nSPS) is 10.2. The highest BCUT2D eigenvalue weighted by molar-refractivity contribution is 6.07. The first kappa shape index (κ1) is 12.1. The molecule has 0 saturated heterocycles. The highest BCUT2D eigenvalue weighted by Gasteiger charge is 2.13. The third kappa shape index (κ3) is 2.32. The van der Waals surface area contributed by atoms with Crippen molar-refractivity contribution < 1.29 is 4.79 Å². The maximum absolute atomic E-state index is 12.1. The SMILES string of the molecule is CNc1ncccc1C(=O)Nc1cn(C)nc1C. The molecule has 0 saturated carbocycles. The first-order valence-electron chi connectivity index (χ1n) is 5.56. The van der Waals surface area contributed by atoms with E-state index in [0.717, 1.165) is 5.69 Å². The lowest BCUT2D eigenvalue weighted by Gasteiger charge is -2.07.